The summed E-state index contributed by atoms with van der Waals surface area (Å²) in [4.78, 5) is 12.0. The van der Waals surface area contributed by atoms with E-state index in [4.69, 9.17) is 10.5 Å². The Morgan fingerprint density at radius 1 is 1.59 bits per heavy atom. The van der Waals surface area contributed by atoms with Gasteiger partial charge in [0.05, 0.1) is 6.61 Å². The van der Waals surface area contributed by atoms with E-state index in [-0.39, 0.29) is 18.3 Å². The van der Waals surface area contributed by atoms with E-state index >= 15 is 0 Å². The first-order valence-electron chi connectivity index (χ1n) is 5.49. The highest BCUT2D eigenvalue weighted by Crippen LogP contribution is 2.23. The number of benzene rings is 1. The van der Waals surface area contributed by atoms with Crippen molar-refractivity contribution in [1.82, 2.24) is 0 Å². The lowest BCUT2D eigenvalue weighted by Gasteiger charge is -2.21. The summed E-state index contributed by atoms with van der Waals surface area (Å²) in [5, 5.41) is 12.0. The van der Waals surface area contributed by atoms with Crippen LogP contribution >= 0.6 is 0 Å². The molecule has 92 valence electrons. The molecule has 1 heterocycles. The normalized spacial score (nSPS) is 23.6. The van der Waals surface area contributed by atoms with Crippen molar-refractivity contribution < 1.29 is 14.6 Å². The van der Waals surface area contributed by atoms with Crippen LogP contribution < -0.4 is 11.1 Å². The van der Waals surface area contributed by atoms with Gasteiger partial charge in [0.1, 0.15) is 11.3 Å². The van der Waals surface area contributed by atoms with Crippen LogP contribution in [0.5, 0.6) is 5.75 Å². The zero-order valence-electron chi connectivity index (χ0n) is 9.69. The summed E-state index contributed by atoms with van der Waals surface area (Å²) in [5.74, 6) is -0.0732. The summed E-state index contributed by atoms with van der Waals surface area (Å²) in [6.45, 7) is 2.57. The molecule has 1 fully saturated rings. The zero-order valence-corrected chi connectivity index (χ0v) is 9.69. The number of aromatic hydroxyl groups is 1. The van der Waals surface area contributed by atoms with Gasteiger partial charge in [-0.2, -0.15) is 0 Å². The molecule has 1 saturated heterocycles. The number of phenols is 1. The van der Waals surface area contributed by atoms with Crippen LogP contribution in [0.2, 0.25) is 0 Å². The van der Waals surface area contributed by atoms with Crippen LogP contribution in [0.25, 0.3) is 0 Å². The number of carbonyl (C=O) groups excluding carboxylic acids is 1. The van der Waals surface area contributed by atoms with Crippen LogP contribution in [-0.4, -0.2) is 29.8 Å². The Morgan fingerprint density at radius 3 is 2.94 bits per heavy atom. The second kappa shape index (κ2) is 4.35. The van der Waals surface area contributed by atoms with Gasteiger partial charge in [-0.25, -0.2) is 0 Å². The van der Waals surface area contributed by atoms with Crippen molar-refractivity contribution in [3.8, 4) is 5.75 Å². The Labute approximate surface area is 99.6 Å². The maximum Gasteiger partial charge on any atom is 0.246 e. The van der Waals surface area contributed by atoms with Crippen LogP contribution in [0, 0.1) is 6.92 Å². The second-order valence-electron chi connectivity index (χ2n) is 4.41. The van der Waals surface area contributed by atoms with Gasteiger partial charge in [0.15, 0.2) is 0 Å². The van der Waals surface area contributed by atoms with Gasteiger partial charge in [0, 0.05) is 12.3 Å². The number of phenolic OH excluding ortho intramolecular Hbond substituents is 1. The molecule has 4 N–H and O–H groups in total. The Hall–Kier alpha value is -1.59. The number of carbonyl (C=O) groups is 1. The van der Waals surface area contributed by atoms with Crippen molar-refractivity contribution in [1.29, 1.82) is 0 Å². The largest absolute Gasteiger partial charge is 0.508 e. The van der Waals surface area contributed by atoms with E-state index in [0.717, 1.165) is 5.56 Å². The van der Waals surface area contributed by atoms with Gasteiger partial charge in [-0.1, -0.05) is 0 Å². The van der Waals surface area contributed by atoms with Crippen LogP contribution in [0.4, 0.5) is 5.69 Å². The molecule has 0 aliphatic carbocycles. The van der Waals surface area contributed by atoms with E-state index in [1.165, 1.54) is 6.07 Å². The summed E-state index contributed by atoms with van der Waals surface area (Å²) in [5.41, 5.74) is 6.45. The second-order valence-corrected chi connectivity index (χ2v) is 4.41. The number of nitrogens with two attached hydrogens (primary N) is 1. The lowest BCUT2D eigenvalue weighted by Crippen LogP contribution is -2.51. The number of nitrogens with one attached hydrogen (secondary N) is 1. The van der Waals surface area contributed by atoms with Crippen molar-refractivity contribution in [3.05, 3.63) is 23.8 Å². The average Bonchev–Trinajstić information content (AvgIpc) is 2.71. The minimum Gasteiger partial charge on any atom is -0.508 e. The van der Waals surface area contributed by atoms with Crippen LogP contribution in [0.1, 0.15) is 12.0 Å². The highest BCUT2D eigenvalue weighted by Gasteiger charge is 2.38. The summed E-state index contributed by atoms with van der Waals surface area (Å²) in [6, 6.07) is 4.77. The fraction of sp³-hybridized carbons (Fsp3) is 0.417. The van der Waals surface area contributed by atoms with Crippen molar-refractivity contribution in [2.24, 2.45) is 5.73 Å². The summed E-state index contributed by atoms with van der Waals surface area (Å²) >= 11 is 0. The smallest absolute Gasteiger partial charge is 0.246 e. The van der Waals surface area contributed by atoms with Crippen LogP contribution in [0.3, 0.4) is 0 Å². The first kappa shape index (κ1) is 11.9. The fourth-order valence-corrected chi connectivity index (χ4v) is 1.79. The quantitative estimate of drug-likeness (QED) is 0.662. The molecule has 0 radical (unpaired) electrons. The minimum absolute atomic E-state index is 0.173. The molecule has 1 atom stereocenters. The predicted octanol–water partition coefficient (Wildman–Crippen LogP) is 0.757. The number of ether oxygens (including phenoxy) is 1. The maximum absolute atomic E-state index is 12.0. The van der Waals surface area contributed by atoms with Gasteiger partial charge in [-0.05, 0) is 37.1 Å². The van der Waals surface area contributed by atoms with Crippen LogP contribution in [-0.2, 0) is 9.53 Å². The molecule has 1 aromatic rings. The van der Waals surface area contributed by atoms with Gasteiger partial charge in [-0.3, -0.25) is 4.79 Å². The molecule has 0 saturated carbocycles. The molecule has 0 spiro atoms. The Balaban J connectivity index is 2.13. The molecule has 1 aliphatic rings. The van der Waals surface area contributed by atoms with E-state index in [0.29, 0.717) is 18.7 Å². The summed E-state index contributed by atoms with van der Waals surface area (Å²) in [6.07, 6.45) is 0.524. The van der Waals surface area contributed by atoms with Gasteiger partial charge in [-0.15, -0.1) is 0 Å². The minimum atomic E-state index is -0.940. The van der Waals surface area contributed by atoms with Crippen molar-refractivity contribution in [2.45, 2.75) is 18.9 Å². The molecule has 0 bridgehead atoms. The Bertz CT molecular complexity index is 439. The molecule has 5 nitrogen and oxygen atoms in total. The Kier molecular flexibility index (Phi) is 3.04. The number of hydrogen-bond acceptors (Lipinski definition) is 4. The predicted molar refractivity (Wildman–Crippen MR) is 63.8 cm³/mol. The summed E-state index contributed by atoms with van der Waals surface area (Å²) in [7, 11) is 0. The van der Waals surface area contributed by atoms with Gasteiger partial charge in [0.2, 0.25) is 5.91 Å². The average molecular weight is 236 g/mol. The number of hydrogen-bond donors (Lipinski definition) is 3. The molecule has 17 heavy (non-hydrogen) atoms. The van der Waals surface area contributed by atoms with Gasteiger partial charge >= 0.3 is 0 Å². The first-order chi connectivity index (χ1) is 8.01. The molecule has 2 rings (SSSR count). The van der Waals surface area contributed by atoms with Crippen molar-refractivity contribution in [2.75, 3.05) is 18.5 Å². The number of rotatable bonds is 2. The number of amides is 1. The molecule has 1 amide bonds. The highest BCUT2D eigenvalue weighted by atomic mass is 16.5. The van der Waals surface area contributed by atoms with E-state index in [9.17, 15) is 9.90 Å². The third kappa shape index (κ3) is 2.40. The molecule has 1 unspecified atom stereocenters. The molecule has 5 heteroatoms. The van der Waals surface area contributed by atoms with Gasteiger partial charge in [0.25, 0.3) is 0 Å². The molecular weight excluding hydrogens is 220 g/mol. The lowest BCUT2D eigenvalue weighted by molar-refractivity contribution is -0.121. The van der Waals surface area contributed by atoms with E-state index in [2.05, 4.69) is 5.32 Å². The lowest BCUT2D eigenvalue weighted by atomic mass is 9.99. The third-order valence-corrected chi connectivity index (χ3v) is 2.96. The summed E-state index contributed by atoms with van der Waals surface area (Å²) < 4.78 is 5.14. The number of anilines is 1. The first-order valence-corrected chi connectivity index (χ1v) is 5.49. The van der Waals surface area contributed by atoms with E-state index < -0.39 is 5.54 Å². The fourth-order valence-electron chi connectivity index (χ4n) is 1.79. The molecular formula is C12H16N2O3. The highest BCUT2D eigenvalue weighted by molar-refractivity contribution is 5.98. The monoisotopic (exact) mass is 236 g/mol. The number of aryl methyl sites for hydroxylation is 1. The van der Waals surface area contributed by atoms with E-state index in [1.54, 1.807) is 12.1 Å². The molecule has 0 aromatic heterocycles. The Morgan fingerprint density at radius 2 is 2.35 bits per heavy atom. The van der Waals surface area contributed by atoms with Crippen LogP contribution in [0.15, 0.2) is 18.2 Å². The molecule has 1 aromatic carbocycles. The van der Waals surface area contributed by atoms with Gasteiger partial charge < -0.3 is 20.9 Å². The van der Waals surface area contributed by atoms with Crippen molar-refractivity contribution >= 4 is 11.6 Å². The zero-order chi connectivity index (χ0) is 12.5. The maximum atomic E-state index is 12.0. The topological polar surface area (TPSA) is 84.6 Å². The SMILES string of the molecule is Cc1cc(O)ccc1NC(=O)C1(N)CCOC1. The third-order valence-electron chi connectivity index (χ3n) is 2.96. The van der Waals surface area contributed by atoms with Crippen molar-refractivity contribution in [3.63, 3.8) is 0 Å². The van der Waals surface area contributed by atoms with E-state index in [1.807, 2.05) is 6.92 Å². The standard InChI is InChI=1S/C12H16N2O3/c1-8-6-9(15)2-3-10(8)14-11(16)12(13)4-5-17-7-12/h2-3,6,15H,4-5,7,13H2,1H3,(H,14,16). The molecule has 1 aliphatic heterocycles.